The number of nitrogens with zero attached hydrogens (tertiary/aromatic N) is 2. The van der Waals surface area contributed by atoms with Gasteiger partial charge in [0.15, 0.2) is 5.11 Å². The van der Waals surface area contributed by atoms with Gasteiger partial charge in [0.1, 0.15) is 9.88 Å². The van der Waals surface area contributed by atoms with E-state index in [0.29, 0.717) is 36.2 Å². The van der Waals surface area contributed by atoms with Gasteiger partial charge in [-0.3, -0.25) is 4.90 Å². The molecule has 0 radical (unpaired) electrons. The van der Waals surface area contributed by atoms with Crippen LogP contribution in [0.2, 0.25) is 10.0 Å². The number of ether oxygens (including phenoxy) is 2. The van der Waals surface area contributed by atoms with Gasteiger partial charge in [-0.25, -0.2) is 9.59 Å². The van der Waals surface area contributed by atoms with Gasteiger partial charge in [0.2, 0.25) is 0 Å². The molecular weight excluding hydrogens is 493 g/mol. The van der Waals surface area contributed by atoms with E-state index in [1.807, 2.05) is 17.0 Å². The Labute approximate surface area is 206 Å². The van der Waals surface area contributed by atoms with Crippen LogP contribution in [-0.4, -0.2) is 67.2 Å². The predicted octanol–water partition coefficient (Wildman–Crippen LogP) is 4.45. The first kappa shape index (κ1) is 24.7. The fourth-order valence-electron chi connectivity index (χ4n) is 3.42. The maximum atomic E-state index is 12.3. The zero-order valence-electron chi connectivity index (χ0n) is 17.9. The number of thiocarbonyl (C=S) groups is 1. The molecule has 32 heavy (non-hydrogen) atoms. The summed E-state index contributed by atoms with van der Waals surface area (Å²) in [6.45, 7) is 5.50. The predicted molar refractivity (Wildman–Crippen MR) is 131 cm³/mol. The Hall–Kier alpha value is -1.91. The van der Waals surface area contributed by atoms with Gasteiger partial charge in [-0.1, -0.05) is 29.3 Å². The number of hydrogen-bond acceptors (Lipinski definition) is 7. The third-order valence-electron chi connectivity index (χ3n) is 5.18. The minimum atomic E-state index is -0.536. The van der Waals surface area contributed by atoms with Crippen molar-refractivity contribution >= 4 is 68.8 Å². The van der Waals surface area contributed by atoms with Crippen molar-refractivity contribution in [3.05, 3.63) is 49.8 Å². The number of methoxy groups -OCH3 is 2. The summed E-state index contributed by atoms with van der Waals surface area (Å²) < 4.78 is 9.71. The van der Waals surface area contributed by atoms with Crippen LogP contribution in [0.15, 0.2) is 18.2 Å². The molecule has 1 N–H and O–H groups in total. The molecule has 0 spiro atoms. The van der Waals surface area contributed by atoms with E-state index in [9.17, 15) is 9.59 Å². The smallest absolute Gasteiger partial charge is 0.348 e. The Kier molecular flexibility index (Phi) is 8.35. The number of carbonyl (C=O) groups is 2. The first-order chi connectivity index (χ1) is 15.2. The molecule has 0 unspecified atom stereocenters. The van der Waals surface area contributed by atoms with Crippen molar-refractivity contribution in [1.29, 1.82) is 0 Å². The topological polar surface area (TPSA) is 71.1 Å². The Bertz CT molecular complexity index is 1040. The van der Waals surface area contributed by atoms with E-state index in [0.717, 1.165) is 49.6 Å². The molecule has 3 rings (SSSR count). The zero-order chi connectivity index (χ0) is 23.4. The molecule has 11 heteroatoms. The van der Waals surface area contributed by atoms with Gasteiger partial charge >= 0.3 is 11.9 Å². The minimum absolute atomic E-state index is 0.290. The summed E-state index contributed by atoms with van der Waals surface area (Å²) in [7, 11) is 2.60. The third kappa shape index (κ3) is 5.52. The van der Waals surface area contributed by atoms with E-state index >= 15 is 0 Å². The summed E-state index contributed by atoms with van der Waals surface area (Å²) in [6, 6.07) is 5.66. The molecule has 0 atom stereocenters. The van der Waals surface area contributed by atoms with Gasteiger partial charge < -0.3 is 19.7 Å². The molecule has 0 bridgehead atoms. The van der Waals surface area contributed by atoms with Crippen LogP contribution < -0.4 is 5.32 Å². The fraction of sp³-hybridized carbons (Fsp3) is 0.381. The quantitative estimate of drug-likeness (QED) is 0.462. The second kappa shape index (κ2) is 10.8. The van der Waals surface area contributed by atoms with Crippen molar-refractivity contribution in [2.45, 2.75) is 13.5 Å². The number of esters is 2. The molecule has 1 aromatic carbocycles. The van der Waals surface area contributed by atoms with Crippen LogP contribution in [0, 0.1) is 6.92 Å². The SMILES string of the molecule is COC(=O)c1sc(NC(=S)N2CCN(Cc3ccc(Cl)c(Cl)c3)CC2)c(C(=O)OC)c1C. The van der Waals surface area contributed by atoms with E-state index in [4.69, 9.17) is 44.9 Å². The summed E-state index contributed by atoms with van der Waals surface area (Å²) in [4.78, 5) is 29.1. The summed E-state index contributed by atoms with van der Waals surface area (Å²) >= 11 is 18.8. The van der Waals surface area contributed by atoms with Crippen molar-refractivity contribution in [1.82, 2.24) is 9.80 Å². The van der Waals surface area contributed by atoms with E-state index in [2.05, 4.69) is 10.2 Å². The average Bonchev–Trinajstić information content (AvgIpc) is 3.11. The van der Waals surface area contributed by atoms with Gasteiger partial charge in [-0.15, -0.1) is 11.3 Å². The highest BCUT2D eigenvalue weighted by Gasteiger charge is 2.27. The normalized spacial score (nSPS) is 14.2. The van der Waals surface area contributed by atoms with Crippen molar-refractivity contribution in [2.24, 2.45) is 0 Å². The van der Waals surface area contributed by atoms with Crippen LogP contribution in [0.4, 0.5) is 5.00 Å². The molecule has 7 nitrogen and oxygen atoms in total. The van der Waals surface area contributed by atoms with E-state index in [1.54, 1.807) is 13.0 Å². The Morgan fingerprint density at radius 2 is 1.75 bits per heavy atom. The number of hydrogen-bond donors (Lipinski definition) is 1. The van der Waals surface area contributed by atoms with Gasteiger partial charge in [0.25, 0.3) is 0 Å². The van der Waals surface area contributed by atoms with Crippen molar-refractivity contribution < 1.29 is 19.1 Å². The maximum absolute atomic E-state index is 12.3. The molecule has 0 amide bonds. The highest BCUT2D eigenvalue weighted by Crippen LogP contribution is 2.34. The molecule has 0 aliphatic carbocycles. The van der Waals surface area contributed by atoms with Crippen LogP contribution >= 0.6 is 46.8 Å². The van der Waals surface area contributed by atoms with E-state index in [-0.39, 0.29) is 0 Å². The van der Waals surface area contributed by atoms with Crippen LogP contribution in [0.1, 0.15) is 31.2 Å². The maximum Gasteiger partial charge on any atom is 0.348 e. The number of piperazine rings is 1. The number of anilines is 1. The molecule has 2 heterocycles. The van der Waals surface area contributed by atoms with Gasteiger partial charge in [-0.05, 0) is 42.4 Å². The van der Waals surface area contributed by atoms with E-state index in [1.165, 1.54) is 14.2 Å². The second-order valence-corrected chi connectivity index (χ2v) is 9.41. The minimum Gasteiger partial charge on any atom is -0.465 e. The molecular formula is C21H23Cl2N3O4S2. The standard InChI is InChI=1S/C21H23Cl2N3O4S2/c1-12-16(19(27)29-2)18(32-17(12)20(28)30-3)24-21(31)26-8-6-25(7-9-26)11-13-4-5-14(22)15(23)10-13/h4-5,10H,6-9,11H2,1-3H3,(H,24,31). The molecule has 172 valence electrons. The largest absolute Gasteiger partial charge is 0.465 e. The Morgan fingerprint density at radius 1 is 1.09 bits per heavy atom. The van der Waals surface area contributed by atoms with Crippen molar-refractivity contribution in [2.75, 3.05) is 45.7 Å². The molecule has 1 aliphatic rings. The molecule has 1 saturated heterocycles. The number of thiophene rings is 1. The zero-order valence-corrected chi connectivity index (χ0v) is 21.0. The highest BCUT2D eigenvalue weighted by molar-refractivity contribution is 7.80. The number of carbonyl (C=O) groups excluding carboxylic acids is 2. The molecule has 0 saturated carbocycles. The third-order valence-corrected chi connectivity index (χ3v) is 7.46. The molecule has 2 aromatic rings. The lowest BCUT2D eigenvalue weighted by Crippen LogP contribution is -2.49. The number of benzene rings is 1. The second-order valence-electron chi connectivity index (χ2n) is 7.19. The average molecular weight is 516 g/mol. The summed E-state index contributed by atoms with van der Waals surface area (Å²) in [5.41, 5.74) is 1.89. The summed E-state index contributed by atoms with van der Waals surface area (Å²) in [6.07, 6.45) is 0. The van der Waals surface area contributed by atoms with E-state index < -0.39 is 11.9 Å². The molecule has 1 fully saturated rings. The first-order valence-electron chi connectivity index (χ1n) is 9.77. The Balaban J connectivity index is 1.65. The van der Waals surface area contributed by atoms with Gasteiger partial charge in [-0.2, -0.15) is 0 Å². The van der Waals surface area contributed by atoms with Crippen LogP contribution in [0.3, 0.4) is 0 Å². The van der Waals surface area contributed by atoms with Crippen molar-refractivity contribution in [3.63, 3.8) is 0 Å². The van der Waals surface area contributed by atoms with Gasteiger partial charge in [0, 0.05) is 32.7 Å². The lowest BCUT2D eigenvalue weighted by atomic mass is 10.1. The number of halogens is 2. The summed E-state index contributed by atoms with van der Waals surface area (Å²) in [5.74, 6) is -1.04. The summed E-state index contributed by atoms with van der Waals surface area (Å²) in [5, 5.41) is 5.18. The number of nitrogens with one attached hydrogen (secondary N) is 1. The first-order valence-corrected chi connectivity index (χ1v) is 11.8. The number of rotatable bonds is 5. The monoisotopic (exact) mass is 515 g/mol. The lowest BCUT2D eigenvalue weighted by Gasteiger charge is -2.36. The van der Waals surface area contributed by atoms with Crippen LogP contribution in [0.25, 0.3) is 0 Å². The van der Waals surface area contributed by atoms with Gasteiger partial charge in [0.05, 0.1) is 29.8 Å². The van der Waals surface area contributed by atoms with Crippen LogP contribution in [-0.2, 0) is 16.0 Å². The highest BCUT2D eigenvalue weighted by atomic mass is 35.5. The lowest BCUT2D eigenvalue weighted by molar-refractivity contribution is 0.0601. The van der Waals surface area contributed by atoms with Crippen molar-refractivity contribution in [3.8, 4) is 0 Å². The Morgan fingerprint density at radius 3 is 2.34 bits per heavy atom. The molecule has 1 aromatic heterocycles. The van der Waals surface area contributed by atoms with Crippen LogP contribution in [0.5, 0.6) is 0 Å². The fourth-order valence-corrected chi connectivity index (χ4v) is 5.20. The molecule has 1 aliphatic heterocycles.